The summed E-state index contributed by atoms with van der Waals surface area (Å²) in [4.78, 5) is 16.7. The number of benzene rings is 1. The van der Waals surface area contributed by atoms with E-state index in [-0.39, 0.29) is 25.9 Å². The summed E-state index contributed by atoms with van der Waals surface area (Å²) >= 11 is 6.83. The number of carbonyl (C=O) groups excluding carboxylic acids is 1. The molecular formula is C18H10ClF3N4OS. The molecule has 0 aliphatic carbocycles. The molecule has 0 saturated carbocycles. The number of fused-ring (bicyclic) bond motifs is 1. The fourth-order valence-corrected chi connectivity index (χ4v) is 3.83. The fraction of sp³-hybridized carbons (Fsp3) is 0.0556. The highest BCUT2D eigenvalue weighted by atomic mass is 35.5. The number of hydrogen-bond acceptors (Lipinski definition) is 4. The zero-order valence-corrected chi connectivity index (χ0v) is 15.4. The van der Waals surface area contributed by atoms with Gasteiger partial charge < -0.3 is 5.32 Å². The van der Waals surface area contributed by atoms with E-state index < -0.39 is 17.8 Å². The van der Waals surface area contributed by atoms with Crippen LogP contribution in [0.4, 0.5) is 18.9 Å². The Morgan fingerprint density at radius 1 is 1.14 bits per heavy atom. The summed E-state index contributed by atoms with van der Waals surface area (Å²) in [5.41, 5.74) is -0.305. The van der Waals surface area contributed by atoms with Crippen molar-refractivity contribution < 1.29 is 18.0 Å². The fourth-order valence-electron chi connectivity index (χ4n) is 2.64. The van der Waals surface area contributed by atoms with E-state index in [1.165, 1.54) is 16.9 Å². The molecule has 1 aromatic carbocycles. The highest BCUT2D eigenvalue weighted by Gasteiger charge is 2.38. The molecular weight excluding hydrogens is 413 g/mol. The summed E-state index contributed by atoms with van der Waals surface area (Å²) in [7, 11) is 0. The topological polar surface area (TPSA) is 59.8 Å². The van der Waals surface area contributed by atoms with Crippen molar-refractivity contribution in [2.75, 3.05) is 5.32 Å². The molecule has 4 aromatic rings. The zero-order chi connectivity index (χ0) is 19.9. The second-order valence-corrected chi connectivity index (χ2v) is 7.11. The minimum atomic E-state index is -4.65. The molecule has 142 valence electrons. The predicted octanol–water partition coefficient (Wildman–Crippen LogP) is 5.41. The van der Waals surface area contributed by atoms with Gasteiger partial charge >= 0.3 is 6.18 Å². The number of thiophene rings is 1. The van der Waals surface area contributed by atoms with Crippen LogP contribution in [0.15, 0.2) is 54.7 Å². The zero-order valence-electron chi connectivity index (χ0n) is 13.9. The monoisotopic (exact) mass is 422 g/mol. The van der Waals surface area contributed by atoms with Crippen LogP contribution in [0.5, 0.6) is 0 Å². The van der Waals surface area contributed by atoms with Gasteiger partial charge in [0.2, 0.25) is 0 Å². The van der Waals surface area contributed by atoms with Gasteiger partial charge in [-0.3, -0.25) is 4.79 Å². The van der Waals surface area contributed by atoms with Gasteiger partial charge in [0.05, 0.1) is 16.3 Å². The first-order chi connectivity index (χ1) is 13.3. The number of pyridine rings is 1. The molecule has 10 heteroatoms. The van der Waals surface area contributed by atoms with Crippen LogP contribution in [0.2, 0.25) is 5.15 Å². The van der Waals surface area contributed by atoms with Crippen LogP contribution in [0.3, 0.4) is 0 Å². The van der Waals surface area contributed by atoms with Gasteiger partial charge in [0, 0.05) is 11.6 Å². The number of nitrogens with one attached hydrogen (secondary N) is 1. The average Bonchev–Trinajstić information content (AvgIpc) is 3.23. The van der Waals surface area contributed by atoms with Gasteiger partial charge in [-0.2, -0.15) is 18.3 Å². The highest BCUT2D eigenvalue weighted by molar-refractivity contribution is 7.20. The number of para-hydroxylation sites is 1. The summed E-state index contributed by atoms with van der Waals surface area (Å²) in [6, 6.07) is 12.7. The third-order valence-corrected chi connectivity index (χ3v) is 5.27. The third-order valence-electron chi connectivity index (χ3n) is 3.86. The quantitative estimate of drug-likeness (QED) is 0.449. The first kappa shape index (κ1) is 18.5. The molecule has 0 unspecified atom stereocenters. The van der Waals surface area contributed by atoms with Crippen LogP contribution >= 0.6 is 22.9 Å². The second-order valence-electron chi connectivity index (χ2n) is 5.72. The lowest BCUT2D eigenvalue weighted by atomic mass is 10.2. The van der Waals surface area contributed by atoms with Crippen molar-refractivity contribution in [1.29, 1.82) is 0 Å². The molecule has 3 aromatic heterocycles. The smallest absolute Gasteiger partial charge is 0.319 e. The van der Waals surface area contributed by atoms with E-state index in [0.717, 1.165) is 11.3 Å². The van der Waals surface area contributed by atoms with E-state index in [0.29, 0.717) is 5.69 Å². The molecule has 0 aliphatic heterocycles. The Morgan fingerprint density at radius 2 is 1.89 bits per heavy atom. The molecule has 0 bridgehead atoms. The van der Waals surface area contributed by atoms with Gasteiger partial charge in [-0.25, -0.2) is 9.67 Å². The van der Waals surface area contributed by atoms with Crippen molar-refractivity contribution in [3.05, 3.63) is 70.5 Å². The molecule has 4 rings (SSSR count). The summed E-state index contributed by atoms with van der Waals surface area (Å²) in [5, 5.41) is 6.24. The number of nitrogens with zero attached hydrogens (tertiary/aromatic N) is 3. The van der Waals surface area contributed by atoms with Crippen molar-refractivity contribution >= 4 is 44.7 Å². The largest absolute Gasteiger partial charge is 0.435 e. The van der Waals surface area contributed by atoms with Gasteiger partial charge in [0.15, 0.2) is 10.8 Å². The number of aromatic nitrogens is 3. The lowest BCUT2D eigenvalue weighted by Crippen LogP contribution is -2.11. The number of carbonyl (C=O) groups is 1. The number of rotatable bonds is 3. The van der Waals surface area contributed by atoms with E-state index in [1.807, 2.05) is 0 Å². The Labute approximate surface area is 165 Å². The summed E-state index contributed by atoms with van der Waals surface area (Å²) in [6.45, 7) is 0. The maximum atomic E-state index is 13.5. The van der Waals surface area contributed by atoms with Crippen molar-refractivity contribution in [2.24, 2.45) is 0 Å². The van der Waals surface area contributed by atoms with Crippen molar-refractivity contribution in [2.45, 2.75) is 6.18 Å². The second kappa shape index (κ2) is 6.92. The van der Waals surface area contributed by atoms with E-state index in [9.17, 15) is 18.0 Å². The normalized spacial score (nSPS) is 11.7. The molecule has 0 fully saturated rings. The van der Waals surface area contributed by atoms with Crippen LogP contribution in [-0.2, 0) is 6.18 Å². The predicted molar refractivity (Wildman–Crippen MR) is 101 cm³/mol. The Balaban J connectivity index is 1.80. The maximum absolute atomic E-state index is 13.5. The van der Waals surface area contributed by atoms with Gasteiger partial charge in [0.25, 0.3) is 5.91 Å². The van der Waals surface area contributed by atoms with Crippen molar-refractivity contribution in [1.82, 2.24) is 14.8 Å². The standard InChI is InChI=1S/C18H10ClF3N4OS/c19-15-12(7-4-8-23-15)24-16(27)13-9-11-14(18(20,21)22)25-26(17(11)28-13)10-5-2-1-3-6-10/h1-9H,(H,24,27). The maximum Gasteiger partial charge on any atom is 0.435 e. The minimum Gasteiger partial charge on any atom is -0.319 e. The number of alkyl halides is 3. The SMILES string of the molecule is O=C(Nc1cccnc1Cl)c1cc2c(C(F)(F)F)nn(-c3ccccc3)c2s1. The molecule has 0 spiro atoms. The van der Waals surface area contributed by atoms with Crippen LogP contribution in [-0.4, -0.2) is 20.7 Å². The Hall–Kier alpha value is -2.91. The summed E-state index contributed by atoms with van der Waals surface area (Å²) in [5.74, 6) is -0.580. The molecule has 0 radical (unpaired) electrons. The highest BCUT2D eigenvalue weighted by Crippen LogP contribution is 2.39. The van der Waals surface area contributed by atoms with Gasteiger partial charge in [-0.1, -0.05) is 29.8 Å². The van der Waals surface area contributed by atoms with Crippen molar-refractivity contribution in [3.63, 3.8) is 0 Å². The molecule has 28 heavy (non-hydrogen) atoms. The van der Waals surface area contributed by atoms with E-state index in [4.69, 9.17) is 11.6 Å². The molecule has 3 heterocycles. The van der Waals surface area contributed by atoms with E-state index in [1.54, 1.807) is 42.5 Å². The third kappa shape index (κ3) is 3.34. The molecule has 0 aliphatic rings. The van der Waals surface area contributed by atoms with Crippen molar-refractivity contribution in [3.8, 4) is 5.69 Å². The number of halogens is 4. The first-order valence-electron chi connectivity index (χ1n) is 7.91. The number of amides is 1. The average molecular weight is 423 g/mol. The van der Waals surface area contributed by atoms with Crippen LogP contribution in [0.1, 0.15) is 15.4 Å². The lowest BCUT2D eigenvalue weighted by Gasteiger charge is -2.05. The van der Waals surface area contributed by atoms with Crippen LogP contribution in [0, 0.1) is 0 Å². The summed E-state index contributed by atoms with van der Waals surface area (Å²) < 4.78 is 41.6. The van der Waals surface area contributed by atoms with Gasteiger partial charge in [-0.15, -0.1) is 11.3 Å². The minimum absolute atomic E-state index is 0.0865. The molecule has 5 nitrogen and oxygen atoms in total. The molecule has 0 saturated heterocycles. The molecule has 0 atom stereocenters. The Morgan fingerprint density at radius 3 is 2.57 bits per heavy atom. The van der Waals surface area contributed by atoms with Gasteiger partial charge in [-0.05, 0) is 30.3 Å². The van der Waals surface area contributed by atoms with Crippen LogP contribution in [0.25, 0.3) is 15.9 Å². The number of hydrogen-bond donors (Lipinski definition) is 1. The Kier molecular flexibility index (Phi) is 4.56. The first-order valence-corrected chi connectivity index (χ1v) is 9.11. The Bertz CT molecular complexity index is 1170. The summed E-state index contributed by atoms with van der Waals surface area (Å²) in [6.07, 6.45) is -3.19. The lowest BCUT2D eigenvalue weighted by molar-refractivity contribution is -0.140. The molecule has 1 amide bonds. The van der Waals surface area contributed by atoms with Gasteiger partial charge in [0.1, 0.15) is 4.83 Å². The van der Waals surface area contributed by atoms with E-state index in [2.05, 4.69) is 15.4 Å². The van der Waals surface area contributed by atoms with Crippen LogP contribution < -0.4 is 5.32 Å². The number of anilines is 1. The molecule has 1 N–H and O–H groups in total. The van der Waals surface area contributed by atoms with E-state index >= 15 is 0 Å².